The molecule has 0 saturated carbocycles. The molecule has 23 heavy (non-hydrogen) atoms. The molecule has 1 atom stereocenters. The van der Waals surface area contributed by atoms with E-state index in [1.807, 2.05) is 25.7 Å². The molecule has 1 N–H and O–H groups in total. The van der Waals surface area contributed by atoms with E-state index in [2.05, 4.69) is 15.3 Å². The van der Waals surface area contributed by atoms with Crippen molar-refractivity contribution in [1.29, 1.82) is 0 Å². The van der Waals surface area contributed by atoms with Gasteiger partial charge < -0.3 is 19.9 Å². The van der Waals surface area contributed by atoms with Gasteiger partial charge in [-0.1, -0.05) is 0 Å². The molecule has 1 saturated heterocycles. The Balaban J connectivity index is 1.80. The lowest BCUT2D eigenvalue weighted by molar-refractivity contribution is -0.118. The fourth-order valence-electron chi connectivity index (χ4n) is 2.63. The van der Waals surface area contributed by atoms with Gasteiger partial charge in [-0.15, -0.1) is 0 Å². The van der Waals surface area contributed by atoms with Crippen LogP contribution in [0.15, 0.2) is 6.20 Å². The van der Waals surface area contributed by atoms with Gasteiger partial charge >= 0.3 is 6.09 Å². The molecule has 0 unspecified atom stereocenters. The first-order valence-electron chi connectivity index (χ1n) is 7.32. The van der Waals surface area contributed by atoms with Gasteiger partial charge in [-0.25, -0.2) is 9.78 Å². The molecule has 9 heteroatoms. The number of rotatable bonds is 0. The van der Waals surface area contributed by atoms with Crippen molar-refractivity contribution in [2.75, 3.05) is 29.9 Å². The third kappa shape index (κ3) is 3.17. The molecular formula is C14H18ClN5O3. The maximum absolute atomic E-state index is 12.3. The summed E-state index contributed by atoms with van der Waals surface area (Å²) in [5.41, 5.74) is -0.0440. The fourth-order valence-corrected chi connectivity index (χ4v) is 2.76. The number of hydrogen-bond acceptors (Lipinski definition) is 6. The topological polar surface area (TPSA) is 87.7 Å². The first-order chi connectivity index (χ1) is 10.7. The number of ether oxygens (including phenoxy) is 1. The van der Waals surface area contributed by atoms with Crippen LogP contribution in [0, 0.1) is 0 Å². The summed E-state index contributed by atoms with van der Waals surface area (Å²) in [5, 5.41) is 2.87. The number of halogens is 1. The van der Waals surface area contributed by atoms with Crippen molar-refractivity contribution in [2.45, 2.75) is 32.4 Å². The first kappa shape index (κ1) is 15.8. The molecule has 124 valence electrons. The molecule has 0 spiro atoms. The predicted octanol–water partition coefficient (Wildman–Crippen LogP) is 1.51. The van der Waals surface area contributed by atoms with Crippen LogP contribution in [0.25, 0.3) is 0 Å². The highest BCUT2D eigenvalue weighted by Gasteiger charge is 2.40. The average Bonchev–Trinajstić information content (AvgIpc) is 2.46. The van der Waals surface area contributed by atoms with Crippen LogP contribution in [0.4, 0.5) is 16.3 Å². The summed E-state index contributed by atoms with van der Waals surface area (Å²) >= 11 is 5.85. The van der Waals surface area contributed by atoms with Gasteiger partial charge in [0, 0.05) is 13.1 Å². The van der Waals surface area contributed by atoms with Crippen LogP contribution < -0.4 is 10.2 Å². The minimum absolute atomic E-state index is 0.119. The van der Waals surface area contributed by atoms with E-state index in [1.54, 1.807) is 4.90 Å². The first-order valence-corrected chi connectivity index (χ1v) is 7.70. The van der Waals surface area contributed by atoms with E-state index < -0.39 is 17.7 Å². The van der Waals surface area contributed by atoms with E-state index in [1.165, 1.54) is 6.20 Å². The lowest BCUT2D eigenvalue weighted by atomic mass is 10.1. The van der Waals surface area contributed by atoms with E-state index in [0.717, 1.165) is 0 Å². The summed E-state index contributed by atoms with van der Waals surface area (Å²) in [6.45, 7) is 6.58. The summed E-state index contributed by atoms with van der Waals surface area (Å²) in [5.74, 6) is 0.384. The van der Waals surface area contributed by atoms with Crippen LogP contribution in [-0.2, 0) is 9.53 Å². The van der Waals surface area contributed by atoms with Crippen molar-refractivity contribution >= 4 is 35.1 Å². The van der Waals surface area contributed by atoms with Crippen LogP contribution in [0.1, 0.15) is 20.8 Å². The van der Waals surface area contributed by atoms with Crippen molar-refractivity contribution in [3.63, 3.8) is 0 Å². The van der Waals surface area contributed by atoms with Crippen molar-refractivity contribution in [3.05, 3.63) is 11.5 Å². The Bertz CT molecular complexity index is 660. The molecular weight excluding hydrogens is 322 g/mol. The zero-order valence-electron chi connectivity index (χ0n) is 13.2. The molecule has 2 aliphatic rings. The summed E-state index contributed by atoms with van der Waals surface area (Å²) in [6, 6.07) is -0.519. The van der Waals surface area contributed by atoms with E-state index in [9.17, 15) is 9.59 Å². The summed E-state index contributed by atoms with van der Waals surface area (Å²) in [7, 11) is 0. The number of piperazine rings is 1. The van der Waals surface area contributed by atoms with Crippen LogP contribution in [-0.4, -0.2) is 58.1 Å². The summed E-state index contributed by atoms with van der Waals surface area (Å²) in [6.07, 6.45) is 1.07. The normalized spacial score (nSPS) is 20.5. The van der Waals surface area contributed by atoms with Crippen LogP contribution >= 0.6 is 11.6 Å². The van der Waals surface area contributed by atoms with Crippen LogP contribution in [0.5, 0.6) is 0 Å². The number of anilines is 2. The van der Waals surface area contributed by atoms with E-state index >= 15 is 0 Å². The van der Waals surface area contributed by atoms with Crippen LogP contribution in [0.2, 0.25) is 5.28 Å². The number of hydrogen-bond donors (Lipinski definition) is 1. The zero-order chi connectivity index (χ0) is 16.8. The lowest BCUT2D eigenvalue weighted by Crippen LogP contribution is -2.61. The molecule has 0 aliphatic carbocycles. The Morgan fingerprint density at radius 1 is 1.43 bits per heavy atom. The Labute approximate surface area is 138 Å². The lowest BCUT2D eigenvalue weighted by Gasteiger charge is -2.43. The Hall–Kier alpha value is -2.09. The van der Waals surface area contributed by atoms with E-state index in [0.29, 0.717) is 24.6 Å². The van der Waals surface area contributed by atoms with Crippen molar-refractivity contribution in [3.8, 4) is 0 Å². The molecule has 1 aromatic heterocycles. The second kappa shape index (κ2) is 5.52. The molecule has 3 heterocycles. The number of fused-ring (bicyclic) bond motifs is 3. The minimum atomic E-state index is -0.573. The SMILES string of the molecule is CC(C)(C)OC(=O)N1CCN2c3nc(Cl)ncc3NC(=O)[C@H]2C1. The van der Waals surface area contributed by atoms with Gasteiger partial charge in [0.15, 0.2) is 5.82 Å². The standard InChI is InChI=1S/C14H18ClN5O3/c1-14(2,3)23-13(22)19-4-5-20-9(7-19)11(21)17-8-6-16-12(15)18-10(8)20/h6,9H,4-5,7H2,1-3H3,(H,17,21)/t9-/m1/s1. The molecule has 2 amide bonds. The number of nitrogens with zero attached hydrogens (tertiary/aromatic N) is 4. The van der Waals surface area contributed by atoms with E-state index in [4.69, 9.17) is 16.3 Å². The third-order valence-electron chi connectivity index (χ3n) is 3.60. The second-order valence-electron chi connectivity index (χ2n) is 6.50. The van der Waals surface area contributed by atoms with Gasteiger partial charge in [0.05, 0.1) is 12.7 Å². The maximum Gasteiger partial charge on any atom is 0.410 e. The molecule has 1 aromatic rings. The minimum Gasteiger partial charge on any atom is -0.444 e. The van der Waals surface area contributed by atoms with Crippen LogP contribution in [0.3, 0.4) is 0 Å². The molecule has 0 radical (unpaired) electrons. The van der Waals surface area contributed by atoms with E-state index in [-0.39, 0.29) is 17.7 Å². The number of aromatic nitrogens is 2. The highest BCUT2D eigenvalue weighted by atomic mass is 35.5. The van der Waals surface area contributed by atoms with Gasteiger partial charge in [0.1, 0.15) is 17.3 Å². The molecule has 2 aliphatic heterocycles. The van der Waals surface area contributed by atoms with Gasteiger partial charge in [-0.3, -0.25) is 4.79 Å². The quantitative estimate of drug-likeness (QED) is 0.721. The zero-order valence-corrected chi connectivity index (χ0v) is 13.9. The number of carbonyl (C=O) groups excluding carboxylic acids is 2. The Kier molecular flexibility index (Phi) is 3.79. The average molecular weight is 340 g/mol. The highest BCUT2D eigenvalue weighted by molar-refractivity contribution is 6.28. The van der Waals surface area contributed by atoms with Gasteiger partial charge in [-0.2, -0.15) is 4.98 Å². The van der Waals surface area contributed by atoms with Gasteiger partial charge in [0.2, 0.25) is 11.2 Å². The van der Waals surface area contributed by atoms with Gasteiger partial charge in [-0.05, 0) is 32.4 Å². The molecule has 8 nitrogen and oxygen atoms in total. The summed E-state index contributed by atoms with van der Waals surface area (Å²) in [4.78, 5) is 36.0. The molecule has 0 bridgehead atoms. The number of amides is 2. The molecule has 1 fully saturated rings. The van der Waals surface area contributed by atoms with Crippen molar-refractivity contribution < 1.29 is 14.3 Å². The highest BCUT2D eigenvalue weighted by Crippen LogP contribution is 2.32. The predicted molar refractivity (Wildman–Crippen MR) is 84.6 cm³/mol. The Morgan fingerprint density at radius 2 is 2.17 bits per heavy atom. The molecule has 0 aromatic carbocycles. The smallest absolute Gasteiger partial charge is 0.410 e. The number of carbonyl (C=O) groups is 2. The Morgan fingerprint density at radius 3 is 2.87 bits per heavy atom. The van der Waals surface area contributed by atoms with Crippen molar-refractivity contribution in [2.24, 2.45) is 0 Å². The second-order valence-corrected chi connectivity index (χ2v) is 6.84. The summed E-state index contributed by atoms with van der Waals surface area (Å²) < 4.78 is 5.37. The maximum atomic E-state index is 12.3. The third-order valence-corrected chi connectivity index (χ3v) is 3.79. The molecule has 3 rings (SSSR count). The van der Waals surface area contributed by atoms with Gasteiger partial charge in [0.25, 0.3) is 0 Å². The van der Waals surface area contributed by atoms with Crippen molar-refractivity contribution in [1.82, 2.24) is 14.9 Å². The monoisotopic (exact) mass is 339 g/mol. The fraction of sp³-hybridized carbons (Fsp3) is 0.571. The largest absolute Gasteiger partial charge is 0.444 e. The number of nitrogens with one attached hydrogen (secondary N) is 1.